The molecule has 0 amide bonds. The molecule has 3 nitrogen and oxygen atoms in total. The predicted octanol–water partition coefficient (Wildman–Crippen LogP) is 3.97. The second-order valence-corrected chi connectivity index (χ2v) is 5.23. The summed E-state index contributed by atoms with van der Waals surface area (Å²) in [5.74, 6) is 0.719. The zero-order valence-corrected chi connectivity index (χ0v) is 12.1. The monoisotopic (exact) mass is 298 g/mol. The lowest BCUT2D eigenvalue weighted by atomic mass is 10.0. The van der Waals surface area contributed by atoms with Crippen LogP contribution in [0.5, 0.6) is 5.75 Å². The van der Waals surface area contributed by atoms with Gasteiger partial charge in [0.25, 0.3) is 0 Å². The van der Waals surface area contributed by atoms with E-state index in [1.165, 1.54) is 0 Å². The predicted molar refractivity (Wildman–Crippen MR) is 85.6 cm³/mol. The van der Waals surface area contributed by atoms with Crippen LogP contribution in [0.3, 0.4) is 0 Å². The second kappa shape index (κ2) is 6.12. The molecule has 0 aliphatic rings. The zero-order chi connectivity index (χ0) is 14.7. The molecule has 0 fully saturated rings. The molecule has 4 heteroatoms. The first-order chi connectivity index (χ1) is 10.2. The van der Waals surface area contributed by atoms with Crippen LogP contribution >= 0.6 is 11.6 Å². The van der Waals surface area contributed by atoms with Crippen molar-refractivity contribution in [2.75, 3.05) is 6.61 Å². The highest BCUT2D eigenvalue weighted by molar-refractivity contribution is 6.30. The van der Waals surface area contributed by atoms with Gasteiger partial charge >= 0.3 is 0 Å². The summed E-state index contributed by atoms with van der Waals surface area (Å²) >= 11 is 5.94. The van der Waals surface area contributed by atoms with Crippen LogP contribution in [0.1, 0.15) is 11.6 Å². The Kier molecular flexibility index (Phi) is 4.04. The summed E-state index contributed by atoms with van der Waals surface area (Å²) in [6.07, 6.45) is 1.78. The van der Waals surface area contributed by atoms with E-state index in [0.29, 0.717) is 11.6 Å². The van der Waals surface area contributed by atoms with Gasteiger partial charge in [0.15, 0.2) is 0 Å². The Morgan fingerprint density at radius 3 is 2.81 bits per heavy atom. The first-order valence-corrected chi connectivity index (χ1v) is 7.09. The van der Waals surface area contributed by atoms with Gasteiger partial charge in [-0.1, -0.05) is 35.9 Å². The van der Waals surface area contributed by atoms with E-state index in [0.717, 1.165) is 22.2 Å². The number of fused-ring (bicyclic) bond motifs is 1. The minimum atomic E-state index is -0.225. The topological polar surface area (TPSA) is 48.1 Å². The highest BCUT2D eigenvalue weighted by atomic mass is 35.5. The molecule has 1 heterocycles. The lowest BCUT2D eigenvalue weighted by Crippen LogP contribution is -2.19. The fourth-order valence-corrected chi connectivity index (χ4v) is 2.46. The normalized spacial score (nSPS) is 12.3. The van der Waals surface area contributed by atoms with Crippen molar-refractivity contribution < 1.29 is 4.74 Å². The number of hydrogen-bond acceptors (Lipinski definition) is 3. The largest absolute Gasteiger partial charge is 0.492 e. The van der Waals surface area contributed by atoms with Gasteiger partial charge in [-0.3, -0.25) is 4.98 Å². The van der Waals surface area contributed by atoms with Crippen molar-refractivity contribution in [3.05, 3.63) is 71.4 Å². The Morgan fingerprint density at radius 1 is 1.10 bits per heavy atom. The Hall–Kier alpha value is -2.10. The van der Waals surface area contributed by atoms with Crippen LogP contribution in [-0.4, -0.2) is 11.6 Å². The lowest BCUT2D eigenvalue weighted by Gasteiger charge is -2.15. The number of rotatable bonds is 4. The molecular weight excluding hydrogens is 284 g/mol. The van der Waals surface area contributed by atoms with E-state index < -0.39 is 0 Å². The molecule has 0 saturated heterocycles. The Labute approximate surface area is 128 Å². The van der Waals surface area contributed by atoms with E-state index in [9.17, 15) is 0 Å². The van der Waals surface area contributed by atoms with E-state index in [1.54, 1.807) is 12.3 Å². The number of aromatic nitrogens is 1. The quantitative estimate of drug-likeness (QED) is 0.793. The molecule has 1 atom stereocenters. The van der Waals surface area contributed by atoms with Gasteiger partial charge in [0, 0.05) is 16.6 Å². The van der Waals surface area contributed by atoms with Gasteiger partial charge in [0.05, 0.1) is 11.6 Å². The molecule has 3 rings (SSSR count). The van der Waals surface area contributed by atoms with Crippen molar-refractivity contribution in [2.45, 2.75) is 6.04 Å². The van der Waals surface area contributed by atoms with E-state index in [4.69, 9.17) is 22.1 Å². The van der Waals surface area contributed by atoms with E-state index in [1.807, 2.05) is 48.5 Å². The second-order valence-electron chi connectivity index (χ2n) is 4.79. The molecule has 21 heavy (non-hydrogen) atoms. The number of benzene rings is 2. The van der Waals surface area contributed by atoms with Gasteiger partial charge in [-0.2, -0.15) is 0 Å². The van der Waals surface area contributed by atoms with Crippen LogP contribution in [0.2, 0.25) is 5.02 Å². The van der Waals surface area contributed by atoms with Gasteiger partial charge in [0.1, 0.15) is 12.4 Å². The molecule has 0 aliphatic heterocycles. The molecule has 1 aromatic heterocycles. The summed E-state index contributed by atoms with van der Waals surface area (Å²) in [6, 6.07) is 17.0. The molecule has 3 aromatic rings. The van der Waals surface area contributed by atoms with Crippen LogP contribution in [0.15, 0.2) is 60.8 Å². The molecule has 1 unspecified atom stereocenters. The van der Waals surface area contributed by atoms with Crippen LogP contribution < -0.4 is 10.5 Å². The first kappa shape index (κ1) is 13.9. The third-order valence-corrected chi connectivity index (χ3v) is 3.54. The Morgan fingerprint density at radius 2 is 1.95 bits per heavy atom. The molecule has 0 saturated carbocycles. The van der Waals surface area contributed by atoms with Crippen molar-refractivity contribution in [3.8, 4) is 5.75 Å². The van der Waals surface area contributed by atoms with Crippen molar-refractivity contribution in [1.29, 1.82) is 0 Å². The van der Waals surface area contributed by atoms with Gasteiger partial charge < -0.3 is 10.5 Å². The van der Waals surface area contributed by atoms with E-state index in [2.05, 4.69) is 4.98 Å². The molecule has 0 spiro atoms. The number of hydrogen-bond donors (Lipinski definition) is 1. The number of nitrogens with two attached hydrogens (primary N) is 1. The summed E-state index contributed by atoms with van der Waals surface area (Å²) in [5, 5.41) is 1.71. The summed E-state index contributed by atoms with van der Waals surface area (Å²) in [5.41, 5.74) is 8.23. The Balaban J connectivity index is 1.79. The van der Waals surface area contributed by atoms with Gasteiger partial charge in [-0.05, 0) is 35.9 Å². The zero-order valence-electron chi connectivity index (χ0n) is 11.4. The average molecular weight is 299 g/mol. The maximum Gasteiger partial charge on any atom is 0.120 e. The minimum absolute atomic E-state index is 0.225. The van der Waals surface area contributed by atoms with Crippen molar-refractivity contribution in [3.63, 3.8) is 0 Å². The summed E-state index contributed by atoms with van der Waals surface area (Å²) in [4.78, 5) is 4.34. The highest BCUT2D eigenvalue weighted by Gasteiger charge is 2.11. The van der Waals surface area contributed by atoms with Crippen molar-refractivity contribution in [2.24, 2.45) is 5.73 Å². The SMILES string of the molecule is NC(COc1cccc(Cl)c1)c1cccc2ncccc12. The number of pyridine rings is 1. The molecule has 0 aliphatic carbocycles. The van der Waals surface area contributed by atoms with E-state index in [-0.39, 0.29) is 6.04 Å². The molecule has 106 valence electrons. The van der Waals surface area contributed by atoms with Crippen molar-refractivity contribution >= 4 is 22.5 Å². The maximum absolute atomic E-state index is 6.26. The Bertz CT molecular complexity index is 755. The molecule has 2 aromatic carbocycles. The summed E-state index contributed by atoms with van der Waals surface area (Å²) in [6.45, 7) is 0.383. The van der Waals surface area contributed by atoms with Crippen molar-refractivity contribution in [1.82, 2.24) is 4.98 Å². The van der Waals surface area contributed by atoms with Crippen LogP contribution in [0.25, 0.3) is 10.9 Å². The lowest BCUT2D eigenvalue weighted by molar-refractivity contribution is 0.291. The molecule has 2 N–H and O–H groups in total. The smallest absolute Gasteiger partial charge is 0.120 e. The minimum Gasteiger partial charge on any atom is -0.492 e. The third kappa shape index (κ3) is 3.15. The molecular formula is C17H15ClN2O. The van der Waals surface area contributed by atoms with Crippen LogP contribution in [-0.2, 0) is 0 Å². The van der Waals surface area contributed by atoms with Gasteiger partial charge in [-0.25, -0.2) is 0 Å². The molecule has 0 radical (unpaired) electrons. The van der Waals surface area contributed by atoms with Gasteiger partial charge in [0.2, 0.25) is 0 Å². The molecule has 0 bridgehead atoms. The fraction of sp³-hybridized carbons (Fsp3) is 0.118. The average Bonchev–Trinajstić information content (AvgIpc) is 2.52. The summed E-state index contributed by atoms with van der Waals surface area (Å²) < 4.78 is 5.72. The summed E-state index contributed by atoms with van der Waals surface area (Å²) in [7, 11) is 0. The first-order valence-electron chi connectivity index (χ1n) is 6.71. The standard InChI is InChI=1S/C17H15ClN2O/c18-12-4-1-5-13(10-12)21-11-16(19)14-6-2-8-17-15(14)7-3-9-20-17/h1-10,16H,11,19H2. The van der Waals surface area contributed by atoms with E-state index >= 15 is 0 Å². The maximum atomic E-state index is 6.26. The number of nitrogens with zero attached hydrogens (tertiary/aromatic N) is 1. The van der Waals surface area contributed by atoms with Crippen LogP contribution in [0.4, 0.5) is 0 Å². The van der Waals surface area contributed by atoms with Crippen LogP contribution in [0, 0.1) is 0 Å². The number of ether oxygens (including phenoxy) is 1. The van der Waals surface area contributed by atoms with Gasteiger partial charge in [-0.15, -0.1) is 0 Å². The third-order valence-electron chi connectivity index (χ3n) is 3.30. The highest BCUT2D eigenvalue weighted by Crippen LogP contribution is 2.23. The number of halogens is 1. The fourth-order valence-electron chi connectivity index (χ4n) is 2.28.